The third-order valence-corrected chi connectivity index (χ3v) is 0.974. The maximum absolute atomic E-state index is 10.4. The van der Waals surface area contributed by atoms with Crippen LogP contribution < -0.4 is 5.32 Å². The van der Waals surface area contributed by atoms with Gasteiger partial charge < -0.3 is 4.90 Å². The lowest BCUT2D eigenvalue weighted by atomic mass is 10.6. The molecule has 0 atom stereocenters. The van der Waals surface area contributed by atoms with E-state index in [1.165, 1.54) is 4.90 Å². The maximum Gasteiger partial charge on any atom is 0.324 e. The van der Waals surface area contributed by atoms with E-state index in [0.717, 1.165) is 0 Å². The van der Waals surface area contributed by atoms with Crippen LogP contribution >= 0.6 is 0 Å². The molecule has 12 heavy (non-hydrogen) atoms. The molecule has 1 heterocycles. The van der Waals surface area contributed by atoms with Gasteiger partial charge in [0.25, 0.3) is 0 Å². The minimum absolute atomic E-state index is 0.193. The number of likely N-dealkylation sites (N-methyl/N-ethyl adjacent to an activating group) is 1. The number of hydrogen-bond donors (Lipinski definition) is 1. The molecule has 72 valence electrons. The Bertz CT molecular complexity index is 146. The molecule has 3 amide bonds. The summed E-state index contributed by atoms with van der Waals surface area (Å²) < 4.78 is 0. The van der Waals surface area contributed by atoms with Gasteiger partial charge in [0.15, 0.2) is 0 Å². The summed E-state index contributed by atoms with van der Waals surface area (Å²) in [6.45, 7) is 8.19. The number of nitrogens with one attached hydrogen (secondary N) is 1. The minimum atomic E-state index is -0.310. The second-order valence-corrected chi connectivity index (χ2v) is 1.71. The van der Waals surface area contributed by atoms with E-state index in [0.29, 0.717) is 0 Å². The van der Waals surface area contributed by atoms with Crippen LogP contribution in [0.5, 0.6) is 0 Å². The van der Waals surface area contributed by atoms with Gasteiger partial charge in [-0.1, -0.05) is 27.7 Å². The van der Waals surface area contributed by atoms with E-state index in [1.807, 2.05) is 27.7 Å². The van der Waals surface area contributed by atoms with Crippen LogP contribution in [0.4, 0.5) is 4.79 Å². The number of carbonyl (C=O) groups excluding carboxylic acids is 2. The summed E-state index contributed by atoms with van der Waals surface area (Å²) in [5.41, 5.74) is 0. The van der Waals surface area contributed by atoms with Crippen molar-refractivity contribution < 1.29 is 9.59 Å². The largest absolute Gasteiger partial charge is 0.324 e. The number of imide groups is 1. The van der Waals surface area contributed by atoms with Crippen molar-refractivity contribution in [1.82, 2.24) is 10.2 Å². The zero-order valence-corrected chi connectivity index (χ0v) is 8.47. The van der Waals surface area contributed by atoms with Gasteiger partial charge in [0.05, 0.1) is 0 Å². The molecule has 1 rings (SSSR count). The molecule has 0 saturated carbocycles. The molecule has 1 saturated heterocycles. The Morgan fingerprint density at radius 1 is 1.17 bits per heavy atom. The lowest BCUT2D eigenvalue weighted by Crippen LogP contribution is -2.24. The molecule has 0 radical (unpaired) electrons. The molecule has 0 bridgehead atoms. The first kappa shape index (κ1) is 13.5. The van der Waals surface area contributed by atoms with E-state index >= 15 is 0 Å². The van der Waals surface area contributed by atoms with Crippen LogP contribution in [0.15, 0.2) is 0 Å². The van der Waals surface area contributed by atoms with Crippen LogP contribution in [0.2, 0.25) is 0 Å². The molecule has 0 aromatic carbocycles. The van der Waals surface area contributed by atoms with Crippen molar-refractivity contribution in [2.45, 2.75) is 27.7 Å². The Morgan fingerprint density at radius 3 is 1.67 bits per heavy atom. The predicted molar refractivity (Wildman–Crippen MR) is 48.9 cm³/mol. The lowest BCUT2D eigenvalue weighted by Gasteiger charge is -1.99. The molecule has 0 spiro atoms. The van der Waals surface area contributed by atoms with Crippen LogP contribution in [0.1, 0.15) is 27.7 Å². The van der Waals surface area contributed by atoms with Gasteiger partial charge in [-0.05, 0) is 0 Å². The molecular weight excluding hydrogens is 156 g/mol. The van der Waals surface area contributed by atoms with Gasteiger partial charge in [-0.3, -0.25) is 10.1 Å². The van der Waals surface area contributed by atoms with Gasteiger partial charge in [0, 0.05) is 7.05 Å². The molecule has 1 aliphatic heterocycles. The summed E-state index contributed by atoms with van der Waals surface area (Å²) in [7, 11) is 1.57. The van der Waals surface area contributed by atoms with E-state index in [2.05, 4.69) is 5.32 Å². The molecule has 0 aliphatic carbocycles. The quantitative estimate of drug-likeness (QED) is 0.561. The Kier molecular flexibility index (Phi) is 9.06. The molecule has 1 N–H and O–H groups in total. The van der Waals surface area contributed by atoms with E-state index in [1.54, 1.807) is 7.05 Å². The van der Waals surface area contributed by atoms with Crippen LogP contribution in [0, 0.1) is 0 Å². The molecule has 4 heteroatoms. The summed E-state index contributed by atoms with van der Waals surface area (Å²) in [6.07, 6.45) is 0. The van der Waals surface area contributed by atoms with Gasteiger partial charge >= 0.3 is 6.03 Å². The highest BCUT2D eigenvalue weighted by Crippen LogP contribution is 1.90. The third kappa shape index (κ3) is 4.71. The summed E-state index contributed by atoms with van der Waals surface area (Å²) in [6, 6.07) is -0.310. The Morgan fingerprint density at radius 2 is 1.58 bits per heavy atom. The zero-order chi connectivity index (χ0) is 10.1. The average molecular weight is 174 g/mol. The number of rotatable bonds is 0. The number of hydrogen-bond acceptors (Lipinski definition) is 2. The highest BCUT2D eigenvalue weighted by atomic mass is 16.2. The summed E-state index contributed by atoms with van der Waals surface area (Å²) in [4.78, 5) is 22.0. The van der Waals surface area contributed by atoms with Crippen molar-refractivity contribution in [1.29, 1.82) is 0 Å². The Hall–Kier alpha value is -1.06. The summed E-state index contributed by atoms with van der Waals surface area (Å²) in [5.74, 6) is -0.225. The first-order valence-electron chi connectivity index (χ1n) is 4.25. The van der Waals surface area contributed by atoms with Gasteiger partial charge in [0.1, 0.15) is 6.54 Å². The van der Waals surface area contributed by atoms with E-state index in [4.69, 9.17) is 0 Å². The monoisotopic (exact) mass is 174 g/mol. The number of amides is 3. The van der Waals surface area contributed by atoms with Gasteiger partial charge in [-0.2, -0.15) is 0 Å². The molecule has 4 nitrogen and oxygen atoms in total. The van der Waals surface area contributed by atoms with Crippen molar-refractivity contribution in [2.24, 2.45) is 0 Å². The fraction of sp³-hybridized carbons (Fsp3) is 0.750. The Labute approximate surface area is 73.9 Å². The average Bonchev–Trinajstić information content (AvgIpc) is 2.37. The normalized spacial score (nSPS) is 13.9. The fourth-order valence-corrected chi connectivity index (χ4v) is 0.541. The van der Waals surface area contributed by atoms with E-state index < -0.39 is 0 Å². The second kappa shape index (κ2) is 8.04. The van der Waals surface area contributed by atoms with Crippen molar-refractivity contribution in [3.8, 4) is 0 Å². The Balaban J connectivity index is 0. The second-order valence-electron chi connectivity index (χ2n) is 1.71. The van der Waals surface area contributed by atoms with Crippen molar-refractivity contribution in [2.75, 3.05) is 13.6 Å². The highest BCUT2D eigenvalue weighted by Gasteiger charge is 2.21. The van der Waals surface area contributed by atoms with Crippen molar-refractivity contribution in [3.05, 3.63) is 0 Å². The first-order valence-corrected chi connectivity index (χ1v) is 4.25. The lowest BCUT2D eigenvalue weighted by molar-refractivity contribution is -0.118. The zero-order valence-electron chi connectivity index (χ0n) is 8.47. The number of nitrogens with zero attached hydrogens (tertiary/aromatic N) is 1. The highest BCUT2D eigenvalue weighted by molar-refractivity contribution is 6.01. The van der Waals surface area contributed by atoms with Gasteiger partial charge in [0.2, 0.25) is 5.91 Å². The van der Waals surface area contributed by atoms with Crippen molar-refractivity contribution in [3.63, 3.8) is 0 Å². The molecule has 0 aromatic rings. The van der Waals surface area contributed by atoms with Crippen LogP contribution in [0.3, 0.4) is 0 Å². The smallest absolute Gasteiger partial charge is 0.318 e. The SMILES string of the molecule is CC.CC.CN1CC(=O)NC1=O. The van der Waals surface area contributed by atoms with Crippen LogP contribution in [0.25, 0.3) is 0 Å². The molecule has 1 fully saturated rings. The van der Waals surface area contributed by atoms with Gasteiger partial charge in [-0.15, -0.1) is 0 Å². The topological polar surface area (TPSA) is 49.4 Å². The minimum Gasteiger partial charge on any atom is -0.318 e. The summed E-state index contributed by atoms with van der Waals surface area (Å²) in [5, 5.41) is 2.11. The summed E-state index contributed by atoms with van der Waals surface area (Å²) >= 11 is 0. The third-order valence-electron chi connectivity index (χ3n) is 0.974. The predicted octanol–water partition coefficient (Wildman–Crippen LogP) is 1.22. The van der Waals surface area contributed by atoms with E-state index in [9.17, 15) is 9.59 Å². The standard InChI is InChI=1S/C4H6N2O2.2C2H6/c1-6-2-3(7)5-4(6)8;2*1-2/h2H2,1H3,(H,5,7,8);2*1-2H3. The number of urea groups is 1. The van der Waals surface area contributed by atoms with Gasteiger partial charge in [-0.25, -0.2) is 4.79 Å². The first-order chi connectivity index (χ1) is 5.70. The molecule has 0 aromatic heterocycles. The molecular formula is C8H18N2O2. The maximum atomic E-state index is 10.4. The van der Waals surface area contributed by atoms with E-state index in [-0.39, 0.29) is 18.5 Å². The molecule has 0 unspecified atom stereocenters. The number of carbonyl (C=O) groups is 2. The van der Waals surface area contributed by atoms with Crippen LogP contribution in [-0.2, 0) is 4.79 Å². The van der Waals surface area contributed by atoms with Crippen LogP contribution in [-0.4, -0.2) is 30.4 Å². The molecule has 1 aliphatic rings. The van der Waals surface area contributed by atoms with Crippen molar-refractivity contribution >= 4 is 11.9 Å². The fourth-order valence-electron chi connectivity index (χ4n) is 0.541.